The minimum absolute atomic E-state index is 0.0278. The zero-order valence-corrected chi connectivity index (χ0v) is 11.5. The quantitative estimate of drug-likeness (QED) is 0.403. The Labute approximate surface area is 115 Å². The van der Waals surface area contributed by atoms with Gasteiger partial charge in [0.2, 0.25) is 0 Å². The van der Waals surface area contributed by atoms with E-state index >= 15 is 0 Å². The standard InChI is InChI=1S/C5H11NO.C4H10O3.C4H6O/c1-2-7-5-3-4-6;5-1-3-7-4-2-6;1-3-5-4-2/h2H,1,3-6H2;5-6H,1-4H2;3-4H,1-2H2. The molecule has 0 unspecified atom stereocenters. The van der Waals surface area contributed by atoms with Crippen molar-refractivity contribution in [1.29, 1.82) is 0 Å². The minimum atomic E-state index is 0.0278. The zero-order chi connectivity index (χ0) is 15.2. The molecule has 0 heterocycles. The molecule has 114 valence electrons. The number of hydrogen-bond donors (Lipinski definition) is 3. The molecule has 0 saturated heterocycles. The third-order valence-corrected chi connectivity index (χ3v) is 1.25. The Hall–Kier alpha value is -1.34. The van der Waals surface area contributed by atoms with Gasteiger partial charge in [-0.1, -0.05) is 19.7 Å². The highest BCUT2D eigenvalue weighted by Crippen LogP contribution is 1.76. The molecule has 0 saturated carbocycles. The van der Waals surface area contributed by atoms with Crippen LogP contribution in [0.5, 0.6) is 0 Å². The van der Waals surface area contributed by atoms with Crippen LogP contribution in [0.25, 0.3) is 0 Å². The zero-order valence-electron chi connectivity index (χ0n) is 11.5. The van der Waals surface area contributed by atoms with E-state index in [1.807, 2.05) is 0 Å². The lowest BCUT2D eigenvalue weighted by Crippen LogP contribution is -2.03. The molecule has 19 heavy (non-hydrogen) atoms. The van der Waals surface area contributed by atoms with Crippen LogP contribution in [0.2, 0.25) is 0 Å². The van der Waals surface area contributed by atoms with Crippen molar-refractivity contribution in [2.75, 3.05) is 39.6 Å². The summed E-state index contributed by atoms with van der Waals surface area (Å²) in [6, 6.07) is 0. The molecule has 0 aliphatic rings. The lowest BCUT2D eigenvalue weighted by Gasteiger charge is -1.94. The second-order valence-electron chi connectivity index (χ2n) is 2.71. The highest BCUT2D eigenvalue weighted by molar-refractivity contribution is 4.57. The number of rotatable bonds is 10. The van der Waals surface area contributed by atoms with E-state index in [2.05, 4.69) is 29.2 Å². The second kappa shape index (κ2) is 30.1. The fraction of sp³-hybridized carbons (Fsp3) is 0.538. The molecular weight excluding hydrogens is 250 g/mol. The Morgan fingerprint density at radius 3 is 1.68 bits per heavy atom. The number of hydrogen-bond acceptors (Lipinski definition) is 6. The van der Waals surface area contributed by atoms with E-state index in [4.69, 9.17) is 20.7 Å². The molecule has 0 rings (SSSR count). The van der Waals surface area contributed by atoms with Gasteiger partial charge in [0.1, 0.15) is 0 Å². The SMILES string of the molecule is C=COC=C.C=COCCCN.OCCOCCO. The average molecular weight is 277 g/mol. The summed E-state index contributed by atoms with van der Waals surface area (Å²) < 4.78 is 13.8. The molecule has 4 N–H and O–H groups in total. The van der Waals surface area contributed by atoms with Gasteiger partial charge in [-0.3, -0.25) is 0 Å². The maximum absolute atomic E-state index is 8.09. The highest BCUT2D eigenvalue weighted by Gasteiger charge is 1.79. The summed E-state index contributed by atoms with van der Waals surface area (Å²) in [7, 11) is 0. The largest absolute Gasteiger partial charge is 0.502 e. The van der Waals surface area contributed by atoms with Crippen LogP contribution in [0, 0.1) is 0 Å². The van der Waals surface area contributed by atoms with Crippen LogP contribution in [0.4, 0.5) is 0 Å². The molecule has 6 heteroatoms. The number of aliphatic hydroxyl groups is 2. The van der Waals surface area contributed by atoms with Crippen LogP contribution in [0.15, 0.2) is 38.5 Å². The molecule has 0 aromatic carbocycles. The summed E-state index contributed by atoms with van der Waals surface area (Å²) in [5.41, 5.74) is 5.15. The third-order valence-electron chi connectivity index (χ3n) is 1.25. The summed E-state index contributed by atoms with van der Waals surface area (Å²) in [4.78, 5) is 0. The van der Waals surface area contributed by atoms with Crippen molar-refractivity contribution < 1.29 is 24.4 Å². The molecule has 0 aromatic heterocycles. The molecule has 0 aliphatic heterocycles. The third kappa shape index (κ3) is 47.7. The van der Waals surface area contributed by atoms with Gasteiger partial charge in [-0.05, 0) is 13.0 Å². The number of nitrogens with two attached hydrogens (primary N) is 1. The van der Waals surface area contributed by atoms with E-state index in [1.165, 1.54) is 18.8 Å². The Morgan fingerprint density at radius 2 is 1.42 bits per heavy atom. The lowest BCUT2D eigenvalue weighted by atomic mass is 10.5. The molecule has 0 atom stereocenters. The van der Waals surface area contributed by atoms with E-state index in [0.717, 1.165) is 6.42 Å². The van der Waals surface area contributed by atoms with Gasteiger partial charge in [0, 0.05) is 0 Å². The van der Waals surface area contributed by atoms with Gasteiger partial charge in [0.25, 0.3) is 0 Å². The first-order chi connectivity index (χ1) is 9.24. The first-order valence-corrected chi connectivity index (χ1v) is 5.84. The second-order valence-corrected chi connectivity index (χ2v) is 2.71. The monoisotopic (exact) mass is 277 g/mol. The van der Waals surface area contributed by atoms with Gasteiger partial charge in [-0.25, -0.2) is 0 Å². The highest BCUT2D eigenvalue weighted by atomic mass is 16.5. The van der Waals surface area contributed by atoms with Crippen molar-refractivity contribution in [2.45, 2.75) is 6.42 Å². The normalized spacial score (nSPS) is 7.95. The van der Waals surface area contributed by atoms with Crippen LogP contribution in [0.3, 0.4) is 0 Å². The van der Waals surface area contributed by atoms with E-state index in [0.29, 0.717) is 26.4 Å². The van der Waals surface area contributed by atoms with Crippen molar-refractivity contribution in [3.63, 3.8) is 0 Å². The molecule has 0 amide bonds. The summed E-state index contributed by atoms with van der Waals surface area (Å²) in [5.74, 6) is 0. The number of aliphatic hydroxyl groups excluding tert-OH is 2. The van der Waals surface area contributed by atoms with Crippen molar-refractivity contribution in [3.05, 3.63) is 38.5 Å². The average Bonchev–Trinajstić information content (AvgIpc) is 2.42. The van der Waals surface area contributed by atoms with E-state index in [-0.39, 0.29) is 13.2 Å². The molecule has 0 bridgehead atoms. The summed E-state index contributed by atoms with van der Waals surface area (Å²) in [5, 5.41) is 16.2. The van der Waals surface area contributed by atoms with Crippen LogP contribution >= 0.6 is 0 Å². The minimum Gasteiger partial charge on any atom is -0.502 e. The first-order valence-electron chi connectivity index (χ1n) is 5.84. The van der Waals surface area contributed by atoms with Crippen molar-refractivity contribution in [3.8, 4) is 0 Å². The fourth-order valence-corrected chi connectivity index (χ4v) is 0.549. The van der Waals surface area contributed by atoms with Gasteiger partial charge in [0.15, 0.2) is 0 Å². The first kappa shape index (κ1) is 22.8. The lowest BCUT2D eigenvalue weighted by molar-refractivity contribution is 0.0650. The summed E-state index contributed by atoms with van der Waals surface area (Å²) in [6.45, 7) is 12.0. The van der Waals surface area contributed by atoms with E-state index < -0.39 is 0 Å². The molecule has 0 aliphatic carbocycles. The van der Waals surface area contributed by atoms with Crippen molar-refractivity contribution in [1.82, 2.24) is 0 Å². The summed E-state index contributed by atoms with van der Waals surface area (Å²) in [6.07, 6.45) is 4.96. The Balaban J connectivity index is -0.000000206. The predicted molar refractivity (Wildman–Crippen MR) is 76.3 cm³/mol. The Bertz CT molecular complexity index is 166. The van der Waals surface area contributed by atoms with Gasteiger partial charge in [-0.15, -0.1) is 0 Å². The van der Waals surface area contributed by atoms with Crippen LogP contribution in [-0.2, 0) is 14.2 Å². The Kier molecular flexibility index (Phi) is 36.1. The topological polar surface area (TPSA) is 94.2 Å². The van der Waals surface area contributed by atoms with Crippen LogP contribution in [-0.4, -0.2) is 49.8 Å². The van der Waals surface area contributed by atoms with Crippen LogP contribution < -0.4 is 5.73 Å². The molecule has 0 spiro atoms. The molecule has 0 fully saturated rings. The Morgan fingerprint density at radius 1 is 0.895 bits per heavy atom. The van der Waals surface area contributed by atoms with E-state index in [9.17, 15) is 0 Å². The fourth-order valence-electron chi connectivity index (χ4n) is 0.549. The number of ether oxygens (including phenoxy) is 3. The van der Waals surface area contributed by atoms with Gasteiger partial charge >= 0.3 is 0 Å². The maximum Gasteiger partial charge on any atom is 0.0885 e. The molecule has 0 aromatic rings. The smallest absolute Gasteiger partial charge is 0.0885 e. The summed E-state index contributed by atoms with van der Waals surface area (Å²) >= 11 is 0. The predicted octanol–water partition coefficient (Wildman–Crippen LogP) is 0.773. The molecule has 6 nitrogen and oxygen atoms in total. The van der Waals surface area contributed by atoms with Gasteiger partial charge in [0.05, 0.1) is 51.8 Å². The van der Waals surface area contributed by atoms with Gasteiger partial charge < -0.3 is 30.2 Å². The maximum atomic E-state index is 8.09. The van der Waals surface area contributed by atoms with Crippen molar-refractivity contribution in [2.24, 2.45) is 5.73 Å². The van der Waals surface area contributed by atoms with Crippen LogP contribution in [0.1, 0.15) is 6.42 Å². The molecular formula is C13H27NO5. The van der Waals surface area contributed by atoms with Gasteiger partial charge in [-0.2, -0.15) is 0 Å². The van der Waals surface area contributed by atoms with E-state index in [1.54, 1.807) is 0 Å². The van der Waals surface area contributed by atoms with Crippen molar-refractivity contribution >= 4 is 0 Å². The molecule has 0 radical (unpaired) electrons.